The van der Waals surface area contributed by atoms with Crippen LogP contribution in [0.3, 0.4) is 0 Å². The molecule has 3 rings (SSSR count). The van der Waals surface area contributed by atoms with Crippen LogP contribution >= 0.6 is 0 Å². The first kappa shape index (κ1) is 16.2. The maximum Gasteiger partial charge on any atom is 0.337 e. The molecule has 1 N–H and O–H groups in total. The average Bonchev–Trinajstić information content (AvgIpc) is 2.97. The summed E-state index contributed by atoms with van der Waals surface area (Å²) in [5.74, 6) is 0.275. The standard InChI is InChI=1S/C18H21N3O3/c1-18(2,3)21-16-14(10-19-21)13(9-15(22)20-16)11-5-7-12(8-6-11)17(23)24-4/h5-8,10,13H,9H2,1-4H3,(H,20,22). The van der Waals surface area contributed by atoms with Crippen molar-refractivity contribution in [3.8, 4) is 0 Å². The molecule has 2 aromatic rings. The highest BCUT2D eigenvalue weighted by Crippen LogP contribution is 2.38. The highest BCUT2D eigenvalue weighted by atomic mass is 16.5. The minimum Gasteiger partial charge on any atom is -0.465 e. The lowest BCUT2D eigenvalue weighted by Crippen LogP contribution is -2.30. The van der Waals surface area contributed by atoms with E-state index in [0.29, 0.717) is 12.0 Å². The van der Waals surface area contributed by atoms with E-state index in [9.17, 15) is 9.59 Å². The Balaban J connectivity index is 2.00. The third-order valence-corrected chi connectivity index (χ3v) is 4.19. The van der Waals surface area contributed by atoms with E-state index in [-0.39, 0.29) is 23.3 Å². The molecule has 2 heterocycles. The summed E-state index contributed by atoms with van der Waals surface area (Å²) < 4.78 is 6.56. The van der Waals surface area contributed by atoms with Gasteiger partial charge >= 0.3 is 5.97 Å². The van der Waals surface area contributed by atoms with Crippen molar-refractivity contribution >= 4 is 17.7 Å². The summed E-state index contributed by atoms with van der Waals surface area (Å²) in [7, 11) is 1.36. The largest absolute Gasteiger partial charge is 0.465 e. The van der Waals surface area contributed by atoms with E-state index in [1.807, 2.05) is 43.8 Å². The summed E-state index contributed by atoms with van der Waals surface area (Å²) in [5.41, 5.74) is 2.24. The fourth-order valence-corrected chi connectivity index (χ4v) is 3.00. The van der Waals surface area contributed by atoms with Gasteiger partial charge in [-0.25, -0.2) is 9.48 Å². The summed E-state index contributed by atoms with van der Waals surface area (Å²) in [6.45, 7) is 6.13. The molecular weight excluding hydrogens is 306 g/mol. The number of anilines is 1. The molecule has 6 nitrogen and oxygen atoms in total. The summed E-state index contributed by atoms with van der Waals surface area (Å²) in [4.78, 5) is 23.7. The van der Waals surface area contributed by atoms with Gasteiger partial charge in [-0.05, 0) is 38.5 Å². The molecule has 0 spiro atoms. The number of aromatic nitrogens is 2. The van der Waals surface area contributed by atoms with Crippen molar-refractivity contribution in [1.29, 1.82) is 0 Å². The third-order valence-electron chi connectivity index (χ3n) is 4.19. The number of methoxy groups -OCH3 is 1. The molecule has 1 aliphatic rings. The number of carbonyl (C=O) groups excluding carboxylic acids is 2. The normalized spacial score (nSPS) is 17.2. The smallest absolute Gasteiger partial charge is 0.337 e. The Morgan fingerprint density at radius 1 is 1.29 bits per heavy atom. The van der Waals surface area contributed by atoms with Crippen LogP contribution in [-0.2, 0) is 15.1 Å². The Morgan fingerprint density at radius 2 is 1.96 bits per heavy atom. The van der Waals surface area contributed by atoms with Crippen molar-refractivity contribution in [3.05, 3.63) is 47.2 Å². The van der Waals surface area contributed by atoms with E-state index in [0.717, 1.165) is 16.9 Å². The maximum absolute atomic E-state index is 12.2. The first-order valence-electron chi connectivity index (χ1n) is 7.88. The SMILES string of the molecule is COC(=O)c1ccc(C2CC(=O)Nc3c2cnn3C(C)(C)C)cc1. The quantitative estimate of drug-likeness (QED) is 0.861. The van der Waals surface area contributed by atoms with Crippen LogP contribution in [0.2, 0.25) is 0 Å². The molecule has 1 aromatic heterocycles. The van der Waals surface area contributed by atoms with E-state index >= 15 is 0 Å². The molecule has 0 bridgehead atoms. The van der Waals surface area contributed by atoms with Gasteiger partial charge < -0.3 is 10.1 Å². The monoisotopic (exact) mass is 327 g/mol. The zero-order chi connectivity index (χ0) is 17.5. The van der Waals surface area contributed by atoms with Crippen molar-refractivity contribution in [2.24, 2.45) is 0 Å². The van der Waals surface area contributed by atoms with Gasteiger partial charge in [-0.1, -0.05) is 12.1 Å². The summed E-state index contributed by atoms with van der Waals surface area (Å²) in [6, 6.07) is 7.19. The van der Waals surface area contributed by atoms with Crippen LogP contribution in [0.1, 0.15) is 54.6 Å². The predicted octanol–water partition coefficient (Wildman–Crippen LogP) is 2.90. The molecule has 0 aliphatic carbocycles. The molecule has 0 fully saturated rings. The second-order valence-corrected chi connectivity index (χ2v) is 6.95. The van der Waals surface area contributed by atoms with Gasteiger partial charge in [-0.3, -0.25) is 4.79 Å². The summed E-state index contributed by atoms with van der Waals surface area (Å²) in [5, 5.41) is 7.41. The Labute approximate surface area is 140 Å². The average molecular weight is 327 g/mol. The number of rotatable bonds is 2. The number of ether oxygens (including phenoxy) is 1. The molecule has 1 unspecified atom stereocenters. The molecule has 1 amide bonds. The van der Waals surface area contributed by atoms with E-state index in [1.54, 1.807) is 12.1 Å². The minimum absolute atomic E-state index is 0.0319. The fraction of sp³-hybridized carbons (Fsp3) is 0.389. The van der Waals surface area contributed by atoms with Crippen LogP contribution in [0, 0.1) is 0 Å². The van der Waals surface area contributed by atoms with Gasteiger partial charge in [-0.2, -0.15) is 5.10 Å². The third kappa shape index (κ3) is 2.79. The second kappa shape index (κ2) is 5.78. The zero-order valence-electron chi connectivity index (χ0n) is 14.3. The van der Waals surface area contributed by atoms with Crippen molar-refractivity contribution in [1.82, 2.24) is 9.78 Å². The number of esters is 1. The van der Waals surface area contributed by atoms with E-state index in [1.165, 1.54) is 7.11 Å². The van der Waals surface area contributed by atoms with Gasteiger partial charge in [0.2, 0.25) is 5.91 Å². The van der Waals surface area contributed by atoms with Crippen molar-refractivity contribution < 1.29 is 14.3 Å². The number of fused-ring (bicyclic) bond motifs is 1. The molecule has 1 atom stereocenters. The molecule has 0 saturated heterocycles. The molecular formula is C18H21N3O3. The van der Waals surface area contributed by atoms with Gasteiger partial charge in [-0.15, -0.1) is 0 Å². The second-order valence-electron chi connectivity index (χ2n) is 6.95. The highest BCUT2D eigenvalue weighted by molar-refractivity contribution is 5.94. The van der Waals surface area contributed by atoms with E-state index in [4.69, 9.17) is 4.74 Å². The molecule has 126 valence electrons. The Morgan fingerprint density at radius 3 is 2.54 bits per heavy atom. The van der Waals surface area contributed by atoms with Gasteiger partial charge in [0.25, 0.3) is 0 Å². The zero-order valence-corrected chi connectivity index (χ0v) is 14.3. The number of amides is 1. The number of hydrogen-bond donors (Lipinski definition) is 1. The fourth-order valence-electron chi connectivity index (χ4n) is 3.00. The van der Waals surface area contributed by atoms with E-state index < -0.39 is 0 Å². The van der Waals surface area contributed by atoms with Crippen LogP contribution < -0.4 is 5.32 Å². The van der Waals surface area contributed by atoms with Crippen LogP contribution in [0.15, 0.2) is 30.5 Å². The maximum atomic E-state index is 12.2. The van der Waals surface area contributed by atoms with Gasteiger partial charge in [0.05, 0.1) is 24.4 Å². The van der Waals surface area contributed by atoms with Gasteiger partial charge in [0, 0.05) is 17.9 Å². The van der Waals surface area contributed by atoms with Crippen LogP contribution in [0.5, 0.6) is 0 Å². The topological polar surface area (TPSA) is 73.2 Å². The van der Waals surface area contributed by atoms with Crippen molar-refractivity contribution in [3.63, 3.8) is 0 Å². The van der Waals surface area contributed by atoms with Crippen LogP contribution in [-0.4, -0.2) is 28.8 Å². The highest BCUT2D eigenvalue weighted by Gasteiger charge is 2.32. The van der Waals surface area contributed by atoms with Crippen LogP contribution in [0.25, 0.3) is 0 Å². The van der Waals surface area contributed by atoms with Gasteiger partial charge in [0.1, 0.15) is 5.82 Å². The number of nitrogens with zero attached hydrogens (tertiary/aromatic N) is 2. The van der Waals surface area contributed by atoms with E-state index in [2.05, 4.69) is 10.4 Å². The molecule has 1 aliphatic heterocycles. The van der Waals surface area contributed by atoms with Crippen LogP contribution in [0.4, 0.5) is 5.82 Å². The minimum atomic E-state index is -0.371. The number of carbonyl (C=O) groups is 2. The molecule has 0 radical (unpaired) electrons. The van der Waals surface area contributed by atoms with Crippen molar-refractivity contribution in [2.45, 2.75) is 38.6 Å². The number of benzene rings is 1. The lowest BCUT2D eigenvalue weighted by Gasteiger charge is -2.28. The predicted molar refractivity (Wildman–Crippen MR) is 90.1 cm³/mol. The number of nitrogens with one attached hydrogen (secondary N) is 1. The molecule has 0 saturated carbocycles. The molecule has 6 heteroatoms. The first-order valence-corrected chi connectivity index (χ1v) is 7.88. The lowest BCUT2D eigenvalue weighted by molar-refractivity contribution is -0.116. The number of hydrogen-bond acceptors (Lipinski definition) is 4. The summed E-state index contributed by atoms with van der Waals surface area (Å²) in [6.07, 6.45) is 2.18. The van der Waals surface area contributed by atoms with Gasteiger partial charge in [0.15, 0.2) is 0 Å². The first-order chi connectivity index (χ1) is 11.3. The Bertz CT molecular complexity index is 785. The molecule has 1 aromatic carbocycles. The van der Waals surface area contributed by atoms with Crippen molar-refractivity contribution in [2.75, 3.05) is 12.4 Å². The molecule has 24 heavy (non-hydrogen) atoms. The summed E-state index contributed by atoms with van der Waals surface area (Å²) >= 11 is 0. The lowest BCUT2D eigenvalue weighted by atomic mass is 9.87. The Kier molecular flexibility index (Phi) is 3.91. The Hall–Kier alpha value is -2.63.